The number of halogens is 2. The number of anilines is 2. The fourth-order valence-electron chi connectivity index (χ4n) is 2.22. The van der Waals surface area contributed by atoms with Gasteiger partial charge in [0.2, 0.25) is 0 Å². The number of benzene rings is 2. The molecule has 2 aromatic rings. The minimum Gasteiger partial charge on any atom is -0.384 e. The van der Waals surface area contributed by atoms with Crippen molar-refractivity contribution in [3.8, 4) is 0 Å². The quantitative estimate of drug-likeness (QED) is 0.846. The third kappa shape index (κ3) is 2.67. The Morgan fingerprint density at radius 1 is 1.25 bits per heavy atom. The van der Waals surface area contributed by atoms with Crippen molar-refractivity contribution in [2.75, 3.05) is 17.2 Å². The van der Waals surface area contributed by atoms with Crippen LogP contribution in [0, 0.1) is 0 Å². The number of nitrogens with one attached hydrogen (secondary N) is 2. The van der Waals surface area contributed by atoms with Crippen molar-refractivity contribution >= 4 is 44.8 Å². The topological polar surface area (TPSA) is 41.1 Å². The zero-order valence-electron chi connectivity index (χ0n) is 10.5. The molecule has 0 spiro atoms. The lowest BCUT2D eigenvalue weighted by Gasteiger charge is -2.09. The summed E-state index contributed by atoms with van der Waals surface area (Å²) in [5.41, 5.74) is 3.51. The van der Waals surface area contributed by atoms with Gasteiger partial charge in [0.15, 0.2) is 0 Å². The van der Waals surface area contributed by atoms with E-state index in [0.29, 0.717) is 16.3 Å². The van der Waals surface area contributed by atoms with Crippen molar-refractivity contribution in [1.29, 1.82) is 0 Å². The Hall–Kier alpha value is -1.52. The Balaban J connectivity index is 1.84. The van der Waals surface area contributed by atoms with E-state index in [9.17, 15) is 4.79 Å². The first-order valence-corrected chi connectivity index (χ1v) is 7.44. The number of rotatable bonds is 2. The SMILES string of the molecule is O=C(Nc1cc(Br)ccc1Cl)c1ccc2c(c1)NCC2. The predicted molar refractivity (Wildman–Crippen MR) is 85.7 cm³/mol. The molecule has 0 saturated heterocycles. The highest BCUT2D eigenvalue weighted by atomic mass is 79.9. The molecule has 2 N–H and O–H groups in total. The average Bonchev–Trinajstić information content (AvgIpc) is 2.90. The molecule has 0 bridgehead atoms. The molecular formula is C15H12BrClN2O. The summed E-state index contributed by atoms with van der Waals surface area (Å²) in [5.74, 6) is -0.165. The second-order valence-electron chi connectivity index (χ2n) is 4.63. The lowest BCUT2D eigenvalue weighted by Crippen LogP contribution is -2.12. The maximum absolute atomic E-state index is 12.3. The highest BCUT2D eigenvalue weighted by Crippen LogP contribution is 2.27. The van der Waals surface area contributed by atoms with Gasteiger partial charge in [-0.15, -0.1) is 0 Å². The van der Waals surface area contributed by atoms with Gasteiger partial charge in [0, 0.05) is 22.3 Å². The molecule has 1 heterocycles. The predicted octanol–water partition coefficient (Wildman–Crippen LogP) is 4.32. The highest BCUT2D eigenvalue weighted by Gasteiger charge is 2.14. The molecule has 102 valence electrons. The number of hydrogen-bond acceptors (Lipinski definition) is 2. The lowest BCUT2D eigenvalue weighted by molar-refractivity contribution is 0.102. The minimum absolute atomic E-state index is 0.165. The van der Waals surface area contributed by atoms with Crippen LogP contribution in [0.1, 0.15) is 15.9 Å². The molecule has 0 atom stereocenters. The van der Waals surface area contributed by atoms with Gasteiger partial charge in [-0.1, -0.05) is 33.6 Å². The van der Waals surface area contributed by atoms with Gasteiger partial charge in [-0.3, -0.25) is 4.79 Å². The van der Waals surface area contributed by atoms with Gasteiger partial charge in [-0.05, 0) is 42.3 Å². The Morgan fingerprint density at radius 2 is 2.10 bits per heavy atom. The molecule has 1 aliphatic rings. The lowest BCUT2D eigenvalue weighted by atomic mass is 10.1. The first kappa shape index (κ1) is 13.5. The van der Waals surface area contributed by atoms with Gasteiger partial charge in [-0.25, -0.2) is 0 Å². The first-order valence-electron chi connectivity index (χ1n) is 6.27. The molecular weight excluding hydrogens is 340 g/mol. The summed E-state index contributed by atoms with van der Waals surface area (Å²) in [5, 5.41) is 6.61. The van der Waals surface area contributed by atoms with Crippen molar-refractivity contribution in [3.05, 3.63) is 57.0 Å². The minimum atomic E-state index is -0.165. The largest absolute Gasteiger partial charge is 0.384 e. The van der Waals surface area contributed by atoms with Crippen LogP contribution < -0.4 is 10.6 Å². The first-order chi connectivity index (χ1) is 9.63. The number of hydrogen-bond donors (Lipinski definition) is 2. The number of fused-ring (bicyclic) bond motifs is 1. The van der Waals surface area contributed by atoms with Gasteiger partial charge in [0.25, 0.3) is 5.91 Å². The third-order valence-electron chi connectivity index (χ3n) is 3.26. The van der Waals surface area contributed by atoms with Crippen molar-refractivity contribution in [2.24, 2.45) is 0 Å². The number of carbonyl (C=O) groups excluding carboxylic acids is 1. The number of amides is 1. The van der Waals surface area contributed by atoms with Crippen LogP contribution in [0.25, 0.3) is 0 Å². The van der Waals surface area contributed by atoms with E-state index in [4.69, 9.17) is 11.6 Å². The molecule has 3 nitrogen and oxygen atoms in total. The van der Waals surface area contributed by atoms with Crippen LogP contribution in [0.3, 0.4) is 0 Å². The second kappa shape index (κ2) is 5.46. The molecule has 5 heteroatoms. The van der Waals surface area contributed by atoms with Crippen LogP contribution in [0.2, 0.25) is 5.02 Å². The summed E-state index contributed by atoms with van der Waals surface area (Å²) < 4.78 is 0.868. The van der Waals surface area contributed by atoms with E-state index in [0.717, 1.165) is 23.1 Å². The Bertz CT molecular complexity index is 688. The van der Waals surface area contributed by atoms with Crippen LogP contribution in [0.5, 0.6) is 0 Å². The van der Waals surface area contributed by atoms with E-state index < -0.39 is 0 Å². The molecule has 0 radical (unpaired) electrons. The molecule has 1 aliphatic heterocycles. The maximum atomic E-state index is 12.3. The number of carbonyl (C=O) groups is 1. The molecule has 0 saturated carbocycles. The van der Waals surface area contributed by atoms with Crippen molar-refractivity contribution in [1.82, 2.24) is 0 Å². The Labute approximate surface area is 130 Å². The zero-order chi connectivity index (χ0) is 14.1. The van der Waals surface area contributed by atoms with Gasteiger partial charge in [-0.2, -0.15) is 0 Å². The molecule has 0 aromatic heterocycles. The van der Waals surface area contributed by atoms with Crippen molar-refractivity contribution in [2.45, 2.75) is 6.42 Å². The molecule has 3 rings (SSSR count). The van der Waals surface area contributed by atoms with E-state index in [1.54, 1.807) is 12.1 Å². The normalized spacial score (nSPS) is 12.7. The van der Waals surface area contributed by atoms with Crippen molar-refractivity contribution < 1.29 is 4.79 Å². The summed E-state index contributed by atoms with van der Waals surface area (Å²) in [6, 6.07) is 11.1. The summed E-state index contributed by atoms with van der Waals surface area (Å²) in [4.78, 5) is 12.3. The van der Waals surface area contributed by atoms with Crippen LogP contribution in [0.15, 0.2) is 40.9 Å². The molecule has 0 unspecified atom stereocenters. The highest BCUT2D eigenvalue weighted by molar-refractivity contribution is 9.10. The fourth-order valence-corrected chi connectivity index (χ4v) is 2.75. The van der Waals surface area contributed by atoms with Gasteiger partial charge >= 0.3 is 0 Å². The van der Waals surface area contributed by atoms with E-state index in [1.807, 2.05) is 24.3 Å². The van der Waals surface area contributed by atoms with E-state index in [1.165, 1.54) is 5.56 Å². The van der Waals surface area contributed by atoms with Gasteiger partial charge in [0.05, 0.1) is 10.7 Å². The smallest absolute Gasteiger partial charge is 0.255 e. The second-order valence-corrected chi connectivity index (χ2v) is 5.95. The molecule has 2 aromatic carbocycles. The van der Waals surface area contributed by atoms with Gasteiger partial charge < -0.3 is 10.6 Å². The van der Waals surface area contributed by atoms with E-state index in [-0.39, 0.29) is 5.91 Å². The standard InChI is InChI=1S/C15H12BrClN2O/c16-11-3-4-12(17)14(8-11)19-15(20)10-2-1-9-5-6-18-13(9)7-10/h1-4,7-8,18H,5-6H2,(H,19,20). The molecule has 0 aliphatic carbocycles. The zero-order valence-corrected chi connectivity index (χ0v) is 12.9. The average molecular weight is 352 g/mol. The third-order valence-corrected chi connectivity index (χ3v) is 4.08. The van der Waals surface area contributed by atoms with Crippen LogP contribution in [0.4, 0.5) is 11.4 Å². The van der Waals surface area contributed by atoms with Gasteiger partial charge in [0.1, 0.15) is 0 Å². The molecule has 1 amide bonds. The van der Waals surface area contributed by atoms with Crippen LogP contribution in [-0.2, 0) is 6.42 Å². The van der Waals surface area contributed by atoms with E-state index in [2.05, 4.69) is 26.6 Å². The monoisotopic (exact) mass is 350 g/mol. The Morgan fingerprint density at radius 3 is 2.95 bits per heavy atom. The Kier molecular flexibility index (Phi) is 3.68. The van der Waals surface area contributed by atoms with Crippen LogP contribution >= 0.6 is 27.5 Å². The molecule has 0 fully saturated rings. The van der Waals surface area contributed by atoms with E-state index >= 15 is 0 Å². The summed E-state index contributed by atoms with van der Waals surface area (Å²) in [6.07, 6.45) is 1.01. The summed E-state index contributed by atoms with van der Waals surface area (Å²) >= 11 is 9.44. The fraction of sp³-hybridized carbons (Fsp3) is 0.133. The summed E-state index contributed by atoms with van der Waals surface area (Å²) in [6.45, 7) is 0.928. The van der Waals surface area contributed by atoms with Crippen LogP contribution in [-0.4, -0.2) is 12.5 Å². The van der Waals surface area contributed by atoms with Crippen molar-refractivity contribution in [3.63, 3.8) is 0 Å². The maximum Gasteiger partial charge on any atom is 0.255 e. The molecule has 20 heavy (non-hydrogen) atoms. The summed E-state index contributed by atoms with van der Waals surface area (Å²) in [7, 11) is 0.